The molecule has 0 saturated heterocycles. The lowest BCUT2D eigenvalue weighted by atomic mass is 10.3. The standard InChI is InChI=1S/C9H10N2O2/c1-3-4-5-13-9(12)8-6-10-11-7(8)2/h6H,5H2,1-2H3,(H,10,11). The maximum Gasteiger partial charge on any atom is 0.342 e. The first-order valence-electron chi connectivity index (χ1n) is 3.82. The van der Waals surface area contributed by atoms with Crippen LogP contribution in [0.2, 0.25) is 0 Å². The fourth-order valence-corrected chi connectivity index (χ4v) is 0.808. The first kappa shape index (κ1) is 9.33. The summed E-state index contributed by atoms with van der Waals surface area (Å²) in [6.45, 7) is 3.58. The summed E-state index contributed by atoms with van der Waals surface area (Å²) in [5, 5.41) is 6.36. The summed E-state index contributed by atoms with van der Waals surface area (Å²) in [7, 11) is 0. The number of H-pyrrole nitrogens is 1. The molecule has 1 aromatic rings. The molecule has 0 amide bonds. The fourth-order valence-electron chi connectivity index (χ4n) is 0.808. The Morgan fingerprint density at radius 2 is 2.54 bits per heavy atom. The molecule has 0 unspecified atom stereocenters. The van der Waals surface area contributed by atoms with E-state index in [0.29, 0.717) is 11.3 Å². The zero-order chi connectivity index (χ0) is 9.68. The molecule has 0 radical (unpaired) electrons. The zero-order valence-corrected chi connectivity index (χ0v) is 7.55. The summed E-state index contributed by atoms with van der Waals surface area (Å²) in [5.74, 6) is 4.87. The number of aromatic nitrogens is 2. The van der Waals surface area contributed by atoms with Gasteiger partial charge in [0.15, 0.2) is 6.61 Å². The average molecular weight is 178 g/mol. The van der Waals surface area contributed by atoms with Crippen molar-refractivity contribution in [1.29, 1.82) is 0 Å². The van der Waals surface area contributed by atoms with E-state index in [9.17, 15) is 4.79 Å². The van der Waals surface area contributed by atoms with Gasteiger partial charge in [0.2, 0.25) is 0 Å². The highest BCUT2D eigenvalue weighted by molar-refractivity contribution is 5.90. The molecule has 0 atom stereocenters. The van der Waals surface area contributed by atoms with Gasteiger partial charge < -0.3 is 4.74 Å². The third-order valence-electron chi connectivity index (χ3n) is 1.50. The molecule has 1 aromatic heterocycles. The Kier molecular flexibility index (Phi) is 3.09. The molecule has 0 fully saturated rings. The molecule has 1 heterocycles. The van der Waals surface area contributed by atoms with E-state index >= 15 is 0 Å². The first-order valence-corrected chi connectivity index (χ1v) is 3.82. The molecule has 4 nitrogen and oxygen atoms in total. The second-order valence-electron chi connectivity index (χ2n) is 2.41. The predicted molar refractivity (Wildman–Crippen MR) is 47.1 cm³/mol. The monoisotopic (exact) mass is 178 g/mol. The van der Waals surface area contributed by atoms with Crippen molar-refractivity contribution in [2.45, 2.75) is 13.8 Å². The van der Waals surface area contributed by atoms with Gasteiger partial charge in [-0.25, -0.2) is 4.79 Å². The van der Waals surface area contributed by atoms with Crippen molar-refractivity contribution in [3.8, 4) is 11.8 Å². The summed E-state index contributed by atoms with van der Waals surface area (Å²) in [4.78, 5) is 11.3. The topological polar surface area (TPSA) is 55.0 Å². The van der Waals surface area contributed by atoms with Crippen LogP contribution in [0.5, 0.6) is 0 Å². The first-order chi connectivity index (χ1) is 6.25. The third kappa shape index (κ3) is 2.34. The number of nitrogens with zero attached hydrogens (tertiary/aromatic N) is 1. The molecule has 0 aliphatic carbocycles. The molecular formula is C9H10N2O2. The van der Waals surface area contributed by atoms with Gasteiger partial charge in [0, 0.05) is 5.69 Å². The van der Waals surface area contributed by atoms with Crippen molar-refractivity contribution in [3.05, 3.63) is 17.5 Å². The molecule has 0 saturated carbocycles. The van der Waals surface area contributed by atoms with Crippen LogP contribution in [-0.4, -0.2) is 22.8 Å². The van der Waals surface area contributed by atoms with Crippen molar-refractivity contribution in [3.63, 3.8) is 0 Å². The van der Waals surface area contributed by atoms with Gasteiger partial charge in [-0.3, -0.25) is 5.10 Å². The SMILES string of the molecule is CC#CCOC(=O)c1cn[nH]c1C. The number of carbonyl (C=O) groups is 1. The van der Waals surface area contributed by atoms with Crippen molar-refractivity contribution >= 4 is 5.97 Å². The van der Waals surface area contributed by atoms with E-state index < -0.39 is 5.97 Å². The quantitative estimate of drug-likeness (QED) is 0.540. The molecule has 0 aliphatic rings. The Morgan fingerprint density at radius 1 is 1.77 bits per heavy atom. The van der Waals surface area contributed by atoms with Crippen LogP contribution in [0.3, 0.4) is 0 Å². The van der Waals surface area contributed by atoms with Crippen LogP contribution in [0.4, 0.5) is 0 Å². The minimum atomic E-state index is -0.394. The van der Waals surface area contributed by atoms with E-state index in [1.807, 2.05) is 0 Å². The lowest BCUT2D eigenvalue weighted by Gasteiger charge is -1.97. The lowest BCUT2D eigenvalue weighted by molar-refractivity contribution is 0.0556. The van der Waals surface area contributed by atoms with Crippen molar-refractivity contribution in [1.82, 2.24) is 10.2 Å². The van der Waals surface area contributed by atoms with Gasteiger partial charge >= 0.3 is 5.97 Å². The Bertz CT molecular complexity index is 357. The molecule has 0 bridgehead atoms. The zero-order valence-electron chi connectivity index (χ0n) is 7.55. The molecule has 0 aromatic carbocycles. The summed E-state index contributed by atoms with van der Waals surface area (Å²) in [6, 6.07) is 0. The van der Waals surface area contributed by atoms with Gasteiger partial charge in [0.05, 0.1) is 6.20 Å². The van der Waals surface area contributed by atoms with E-state index in [2.05, 4.69) is 22.0 Å². The highest BCUT2D eigenvalue weighted by atomic mass is 16.5. The van der Waals surface area contributed by atoms with Gasteiger partial charge in [-0.15, -0.1) is 5.92 Å². The number of carbonyl (C=O) groups excluding carboxylic acids is 1. The lowest BCUT2D eigenvalue weighted by Crippen LogP contribution is -2.05. The number of rotatable bonds is 2. The number of ether oxygens (including phenoxy) is 1. The van der Waals surface area contributed by atoms with Gasteiger partial charge in [-0.2, -0.15) is 5.10 Å². The van der Waals surface area contributed by atoms with Crippen molar-refractivity contribution in [2.24, 2.45) is 0 Å². The molecule has 0 spiro atoms. The Hall–Kier alpha value is -1.76. The predicted octanol–water partition coefficient (Wildman–Crippen LogP) is 0.898. The van der Waals surface area contributed by atoms with Gasteiger partial charge in [0.1, 0.15) is 5.56 Å². The van der Waals surface area contributed by atoms with Crippen LogP contribution in [0.15, 0.2) is 6.20 Å². The second-order valence-corrected chi connectivity index (χ2v) is 2.41. The Balaban J connectivity index is 2.57. The normalized spacial score (nSPS) is 8.77. The molecule has 1 N–H and O–H groups in total. The van der Waals surface area contributed by atoms with Gasteiger partial charge in [-0.05, 0) is 13.8 Å². The number of hydrogen-bond donors (Lipinski definition) is 1. The van der Waals surface area contributed by atoms with Crippen LogP contribution in [-0.2, 0) is 4.74 Å². The minimum Gasteiger partial charge on any atom is -0.449 e. The maximum absolute atomic E-state index is 11.3. The summed E-state index contributed by atoms with van der Waals surface area (Å²) in [6.07, 6.45) is 1.44. The maximum atomic E-state index is 11.3. The smallest absolute Gasteiger partial charge is 0.342 e. The molecule has 4 heteroatoms. The largest absolute Gasteiger partial charge is 0.449 e. The van der Waals surface area contributed by atoms with E-state index in [1.165, 1.54) is 6.20 Å². The average Bonchev–Trinajstić information content (AvgIpc) is 2.52. The van der Waals surface area contributed by atoms with Crippen LogP contribution in [0.25, 0.3) is 0 Å². The summed E-state index contributed by atoms with van der Waals surface area (Å²) >= 11 is 0. The van der Waals surface area contributed by atoms with E-state index in [4.69, 9.17) is 4.74 Å². The molecule has 0 aliphatic heterocycles. The highest BCUT2D eigenvalue weighted by Gasteiger charge is 2.10. The Labute approximate surface area is 76.3 Å². The molecule has 13 heavy (non-hydrogen) atoms. The van der Waals surface area contributed by atoms with Crippen LogP contribution in [0.1, 0.15) is 23.0 Å². The number of nitrogens with one attached hydrogen (secondary N) is 1. The van der Waals surface area contributed by atoms with Crippen molar-refractivity contribution < 1.29 is 9.53 Å². The van der Waals surface area contributed by atoms with Crippen LogP contribution in [0, 0.1) is 18.8 Å². The van der Waals surface area contributed by atoms with Gasteiger partial charge in [0.25, 0.3) is 0 Å². The number of aryl methyl sites for hydroxylation is 1. The van der Waals surface area contributed by atoms with Crippen LogP contribution >= 0.6 is 0 Å². The third-order valence-corrected chi connectivity index (χ3v) is 1.50. The van der Waals surface area contributed by atoms with E-state index in [1.54, 1.807) is 13.8 Å². The van der Waals surface area contributed by atoms with Gasteiger partial charge in [-0.1, -0.05) is 5.92 Å². The van der Waals surface area contributed by atoms with Crippen molar-refractivity contribution in [2.75, 3.05) is 6.61 Å². The number of hydrogen-bond acceptors (Lipinski definition) is 3. The van der Waals surface area contributed by atoms with Crippen LogP contribution < -0.4 is 0 Å². The Morgan fingerprint density at radius 3 is 3.08 bits per heavy atom. The molecule has 1 rings (SSSR count). The highest BCUT2D eigenvalue weighted by Crippen LogP contribution is 2.03. The summed E-state index contributed by atoms with van der Waals surface area (Å²) < 4.78 is 4.84. The molecular weight excluding hydrogens is 168 g/mol. The number of aromatic amines is 1. The fraction of sp³-hybridized carbons (Fsp3) is 0.333. The second kappa shape index (κ2) is 4.31. The summed E-state index contributed by atoms with van der Waals surface area (Å²) in [5.41, 5.74) is 1.16. The number of esters is 1. The van der Waals surface area contributed by atoms with E-state index in [0.717, 1.165) is 0 Å². The van der Waals surface area contributed by atoms with E-state index in [-0.39, 0.29) is 6.61 Å². The molecule has 68 valence electrons. The minimum absolute atomic E-state index is 0.125.